The van der Waals surface area contributed by atoms with E-state index < -0.39 is 97.5 Å². The second-order valence-corrected chi connectivity index (χ2v) is 33.4. The van der Waals surface area contributed by atoms with Crippen LogP contribution in [0.25, 0.3) is 0 Å². The Balaban J connectivity index is 5.25. The third-order valence-electron chi connectivity index (χ3n) is 19.9. The van der Waals surface area contributed by atoms with Crippen LogP contribution in [-0.4, -0.2) is 96.7 Å². The van der Waals surface area contributed by atoms with Gasteiger partial charge in [0.2, 0.25) is 0 Å². The van der Waals surface area contributed by atoms with Crippen LogP contribution in [0.3, 0.4) is 0 Å². The van der Waals surface area contributed by atoms with E-state index in [1.807, 2.05) is 0 Å². The van der Waals surface area contributed by atoms with E-state index in [0.717, 1.165) is 114 Å². The van der Waals surface area contributed by atoms with Crippen LogP contribution in [0.2, 0.25) is 0 Å². The van der Waals surface area contributed by atoms with Gasteiger partial charge in [-0.05, 0) is 43.4 Å². The average molecular weight is 1480 g/mol. The Morgan fingerprint density at radius 3 is 0.752 bits per heavy atom. The number of rotatable bonds is 80. The van der Waals surface area contributed by atoms with Gasteiger partial charge in [-0.2, -0.15) is 0 Å². The predicted octanol–water partition coefficient (Wildman–Crippen LogP) is 24.5. The lowest BCUT2D eigenvalue weighted by molar-refractivity contribution is -0.161. The van der Waals surface area contributed by atoms with E-state index in [1.54, 1.807) is 0 Å². The minimum absolute atomic E-state index is 0.107. The van der Waals surface area contributed by atoms with E-state index in [2.05, 4.69) is 48.5 Å². The third-order valence-corrected chi connectivity index (χ3v) is 21.8. The zero-order valence-electron chi connectivity index (χ0n) is 66.4. The predicted molar refractivity (Wildman–Crippen MR) is 414 cm³/mol. The minimum Gasteiger partial charge on any atom is -0.462 e. The molecule has 0 fully saturated rings. The summed E-state index contributed by atoms with van der Waals surface area (Å²) in [7, 11) is -9.92. The molecule has 19 heteroatoms. The maximum atomic E-state index is 13.1. The highest BCUT2D eigenvalue weighted by Gasteiger charge is 2.30. The molecule has 0 aromatic rings. The number of hydrogen-bond donors (Lipinski definition) is 3. The summed E-state index contributed by atoms with van der Waals surface area (Å²) in [4.78, 5) is 73.1. The van der Waals surface area contributed by atoms with Crippen LogP contribution < -0.4 is 0 Å². The Labute approximate surface area is 619 Å². The summed E-state index contributed by atoms with van der Waals surface area (Å²) in [6, 6.07) is 0. The SMILES string of the molecule is CCCCCCCCCCCCCCCCCC(=O)O[C@H](COC(=O)CCCCCCCCC(C)CC)COP(=O)(O)OC[C@H](O)COP(=O)(O)OC[C@@H](COC(=O)CCCCCCCCCCCCCCCCC(C)CC)OC(=O)CCCCCCCCCCCCCCCCCC(C)C. The van der Waals surface area contributed by atoms with Crippen molar-refractivity contribution in [3.05, 3.63) is 0 Å². The summed E-state index contributed by atoms with van der Waals surface area (Å²) >= 11 is 0. The zero-order chi connectivity index (χ0) is 74.4. The lowest BCUT2D eigenvalue weighted by Gasteiger charge is -2.21. The molecular formula is C82H160O17P2. The lowest BCUT2D eigenvalue weighted by atomic mass is 9.99. The van der Waals surface area contributed by atoms with E-state index in [1.165, 1.54) is 231 Å². The molecule has 17 nitrogen and oxygen atoms in total. The minimum atomic E-state index is -4.96. The van der Waals surface area contributed by atoms with Gasteiger partial charge in [0.1, 0.15) is 19.3 Å². The number of phosphoric ester groups is 2. The second-order valence-electron chi connectivity index (χ2n) is 30.5. The molecular weight excluding hydrogens is 1320 g/mol. The lowest BCUT2D eigenvalue weighted by Crippen LogP contribution is -2.30. The first kappa shape index (κ1) is 99.1. The molecule has 600 valence electrons. The van der Waals surface area contributed by atoms with Crippen LogP contribution in [0.4, 0.5) is 0 Å². The molecule has 0 rings (SSSR count). The first-order valence-electron chi connectivity index (χ1n) is 42.4. The van der Waals surface area contributed by atoms with Crippen LogP contribution in [0, 0.1) is 17.8 Å². The van der Waals surface area contributed by atoms with Crippen molar-refractivity contribution in [1.29, 1.82) is 0 Å². The van der Waals surface area contributed by atoms with E-state index in [-0.39, 0.29) is 25.7 Å². The number of carbonyl (C=O) groups is 4. The Kier molecular flexibility index (Phi) is 70.9. The van der Waals surface area contributed by atoms with Crippen molar-refractivity contribution < 1.29 is 80.2 Å². The largest absolute Gasteiger partial charge is 0.472 e. The number of carbonyl (C=O) groups excluding carboxylic acids is 4. The van der Waals surface area contributed by atoms with Gasteiger partial charge in [0, 0.05) is 25.7 Å². The molecule has 3 N–H and O–H groups in total. The van der Waals surface area contributed by atoms with Crippen molar-refractivity contribution in [2.75, 3.05) is 39.6 Å². The second kappa shape index (κ2) is 72.3. The molecule has 7 atom stereocenters. The summed E-state index contributed by atoms with van der Waals surface area (Å²) in [6.07, 6.45) is 60.9. The number of hydrogen-bond acceptors (Lipinski definition) is 15. The van der Waals surface area contributed by atoms with Gasteiger partial charge in [-0.1, -0.05) is 376 Å². The van der Waals surface area contributed by atoms with Gasteiger partial charge in [0.15, 0.2) is 12.2 Å². The Hall–Kier alpha value is -1.94. The Bertz CT molecular complexity index is 1960. The summed E-state index contributed by atoms with van der Waals surface area (Å²) in [5.74, 6) is 0.274. The molecule has 0 radical (unpaired) electrons. The summed E-state index contributed by atoms with van der Waals surface area (Å²) < 4.78 is 68.8. The molecule has 4 unspecified atom stereocenters. The van der Waals surface area contributed by atoms with Crippen molar-refractivity contribution in [2.24, 2.45) is 17.8 Å². The first-order valence-corrected chi connectivity index (χ1v) is 45.4. The van der Waals surface area contributed by atoms with Gasteiger partial charge in [0.05, 0.1) is 26.4 Å². The van der Waals surface area contributed by atoms with Gasteiger partial charge in [-0.3, -0.25) is 37.3 Å². The molecule has 0 amide bonds. The third kappa shape index (κ3) is 73.4. The van der Waals surface area contributed by atoms with Crippen LogP contribution in [-0.2, 0) is 65.4 Å². The molecule has 0 aliphatic carbocycles. The van der Waals surface area contributed by atoms with Crippen LogP contribution in [0.5, 0.6) is 0 Å². The van der Waals surface area contributed by atoms with Crippen LogP contribution in [0.1, 0.15) is 427 Å². The Morgan fingerprint density at radius 1 is 0.287 bits per heavy atom. The van der Waals surface area contributed by atoms with Gasteiger partial charge >= 0.3 is 39.5 Å². The number of aliphatic hydroxyl groups excluding tert-OH is 1. The van der Waals surface area contributed by atoms with Gasteiger partial charge in [0.25, 0.3) is 0 Å². The first-order chi connectivity index (χ1) is 48.8. The number of esters is 4. The number of phosphoric acid groups is 2. The highest BCUT2D eigenvalue weighted by Crippen LogP contribution is 2.45. The fourth-order valence-electron chi connectivity index (χ4n) is 12.6. The molecule has 101 heavy (non-hydrogen) atoms. The normalized spacial score (nSPS) is 14.5. The quantitative estimate of drug-likeness (QED) is 0.0222. The molecule has 0 saturated heterocycles. The van der Waals surface area contributed by atoms with Crippen molar-refractivity contribution in [2.45, 2.75) is 446 Å². The fourth-order valence-corrected chi connectivity index (χ4v) is 14.2. The van der Waals surface area contributed by atoms with Crippen LogP contribution >= 0.6 is 15.6 Å². The van der Waals surface area contributed by atoms with E-state index >= 15 is 0 Å². The fraction of sp³-hybridized carbons (Fsp3) is 0.951. The van der Waals surface area contributed by atoms with Crippen molar-refractivity contribution in [3.63, 3.8) is 0 Å². The van der Waals surface area contributed by atoms with E-state index in [4.69, 9.17) is 37.0 Å². The maximum absolute atomic E-state index is 13.1. The monoisotopic (exact) mass is 1480 g/mol. The smallest absolute Gasteiger partial charge is 0.462 e. The van der Waals surface area contributed by atoms with Crippen molar-refractivity contribution in [1.82, 2.24) is 0 Å². The van der Waals surface area contributed by atoms with E-state index in [9.17, 15) is 43.2 Å². The highest BCUT2D eigenvalue weighted by atomic mass is 31.2. The van der Waals surface area contributed by atoms with E-state index in [0.29, 0.717) is 25.7 Å². The molecule has 0 aliphatic rings. The van der Waals surface area contributed by atoms with Crippen molar-refractivity contribution in [3.8, 4) is 0 Å². The maximum Gasteiger partial charge on any atom is 0.472 e. The molecule has 0 saturated carbocycles. The number of ether oxygens (including phenoxy) is 4. The molecule has 0 aromatic carbocycles. The van der Waals surface area contributed by atoms with Crippen LogP contribution in [0.15, 0.2) is 0 Å². The Morgan fingerprint density at radius 2 is 0.505 bits per heavy atom. The topological polar surface area (TPSA) is 237 Å². The standard InChI is InChI=1S/C82H160O17P2/c1-8-11-12-13-14-15-16-17-19-27-32-37-42-51-58-66-82(87)99-78(70-93-80(85)64-57-50-45-44-48-55-62-75(7)10-3)72-97-101(90,91)95-68-76(83)67-94-100(88,89)96-71-77(98-81(86)65-59-52-43-38-33-28-21-18-20-24-29-34-39-46-53-60-73(4)5)69-92-79(84)63-56-49-41-36-31-26-23-22-25-30-35-40-47-54-61-74(6)9-2/h73-78,83H,8-72H2,1-7H3,(H,88,89)(H,90,91)/t74?,75?,76-,77-,78-/m1/s1. The van der Waals surface area contributed by atoms with Crippen molar-refractivity contribution >= 4 is 39.5 Å². The molecule has 0 spiro atoms. The number of aliphatic hydroxyl groups is 1. The molecule has 0 heterocycles. The van der Waals surface area contributed by atoms with Gasteiger partial charge in [-0.25, -0.2) is 9.13 Å². The van der Waals surface area contributed by atoms with Gasteiger partial charge in [-0.15, -0.1) is 0 Å². The number of unbranched alkanes of at least 4 members (excludes halogenated alkanes) is 46. The summed E-state index contributed by atoms with van der Waals surface area (Å²) in [6.45, 7) is 12.0. The average Bonchev–Trinajstić information content (AvgIpc) is 0.919. The zero-order valence-corrected chi connectivity index (χ0v) is 68.2. The molecule has 0 bridgehead atoms. The highest BCUT2D eigenvalue weighted by molar-refractivity contribution is 7.47. The molecule has 0 aromatic heterocycles. The summed E-state index contributed by atoms with van der Waals surface area (Å²) in [5, 5.41) is 10.6. The molecule has 0 aliphatic heterocycles. The van der Waals surface area contributed by atoms with Gasteiger partial charge < -0.3 is 33.8 Å². The summed E-state index contributed by atoms with van der Waals surface area (Å²) in [5.41, 5.74) is 0.